The first-order valence-corrected chi connectivity index (χ1v) is 9.08. The number of nitrogens with zero attached hydrogens (tertiary/aromatic N) is 1. The molecule has 1 atom stereocenters. The van der Waals surface area contributed by atoms with E-state index in [0.717, 1.165) is 48.7 Å². The Bertz CT molecular complexity index is 931. The molecule has 1 fully saturated rings. The van der Waals surface area contributed by atoms with E-state index in [9.17, 15) is 9.59 Å². The number of fused-ring (bicyclic) bond motifs is 3. The van der Waals surface area contributed by atoms with Gasteiger partial charge in [0.2, 0.25) is 5.91 Å². The molecule has 136 valence electrons. The highest BCUT2D eigenvalue weighted by atomic mass is 19.1. The Hall–Kier alpha value is -2.63. The highest BCUT2D eigenvalue weighted by Crippen LogP contribution is 2.40. The molecule has 6 heteroatoms. The van der Waals surface area contributed by atoms with E-state index in [0.29, 0.717) is 24.2 Å². The molecule has 1 aromatic heterocycles. The Balaban J connectivity index is 1.88. The van der Waals surface area contributed by atoms with Crippen molar-refractivity contribution in [3.8, 4) is 0 Å². The highest BCUT2D eigenvalue weighted by molar-refractivity contribution is 6.07. The van der Waals surface area contributed by atoms with E-state index in [1.165, 1.54) is 12.1 Å². The molecule has 0 radical (unpaired) electrons. The number of carbonyl (C=O) groups is 2. The van der Waals surface area contributed by atoms with Crippen LogP contribution in [-0.2, 0) is 17.6 Å². The van der Waals surface area contributed by atoms with Gasteiger partial charge < -0.3 is 15.6 Å². The SMILES string of the molecule is C=CC(=O)N1CCC[C@H](c2c(F)cc(C(N)=O)c3[nH]c4c(c23)CCC4)C1. The number of aromatic nitrogens is 1. The predicted octanol–water partition coefficient (Wildman–Crippen LogP) is 2.79. The number of aryl methyl sites for hydroxylation is 2. The van der Waals surface area contributed by atoms with Gasteiger partial charge in [0.25, 0.3) is 5.91 Å². The molecule has 2 amide bonds. The normalized spacial score (nSPS) is 19.6. The van der Waals surface area contributed by atoms with E-state index in [1.54, 1.807) is 4.90 Å². The molecular weight excluding hydrogens is 333 g/mol. The van der Waals surface area contributed by atoms with Gasteiger partial charge in [0.05, 0.1) is 11.1 Å². The largest absolute Gasteiger partial charge is 0.366 e. The molecule has 1 aliphatic carbocycles. The summed E-state index contributed by atoms with van der Waals surface area (Å²) < 4.78 is 15.1. The molecule has 0 spiro atoms. The third-order valence-corrected chi connectivity index (χ3v) is 5.69. The van der Waals surface area contributed by atoms with Crippen LogP contribution in [0.25, 0.3) is 10.9 Å². The second kappa shape index (κ2) is 6.27. The van der Waals surface area contributed by atoms with Crippen LogP contribution in [0.2, 0.25) is 0 Å². The minimum atomic E-state index is -0.632. The van der Waals surface area contributed by atoms with Crippen molar-refractivity contribution in [3.63, 3.8) is 0 Å². The lowest BCUT2D eigenvalue weighted by molar-refractivity contribution is -0.127. The maximum absolute atomic E-state index is 15.1. The summed E-state index contributed by atoms with van der Waals surface area (Å²) in [6.07, 6.45) is 5.71. The Morgan fingerprint density at radius 1 is 1.35 bits per heavy atom. The second-order valence-electron chi connectivity index (χ2n) is 7.20. The fourth-order valence-electron chi connectivity index (χ4n) is 4.55. The summed E-state index contributed by atoms with van der Waals surface area (Å²) in [6.45, 7) is 4.68. The number of H-pyrrole nitrogens is 1. The van der Waals surface area contributed by atoms with Crippen LogP contribution in [0.1, 0.15) is 52.4 Å². The van der Waals surface area contributed by atoms with Crippen molar-refractivity contribution in [1.29, 1.82) is 0 Å². The number of hydrogen-bond acceptors (Lipinski definition) is 2. The van der Waals surface area contributed by atoms with Gasteiger partial charge in [0.1, 0.15) is 5.82 Å². The number of nitrogens with two attached hydrogens (primary N) is 1. The van der Waals surface area contributed by atoms with Gasteiger partial charge in [0, 0.05) is 35.7 Å². The lowest BCUT2D eigenvalue weighted by Gasteiger charge is -2.33. The van der Waals surface area contributed by atoms with Crippen LogP contribution >= 0.6 is 0 Å². The molecule has 0 unspecified atom stereocenters. The number of hydrogen-bond donors (Lipinski definition) is 2. The van der Waals surface area contributed by atoms with E-state index in [-0.39, 0.29) is 17.4 Å². The fourth-order valence-corrected chi connectivity index (χ4v) is 4.55. The molecule has 26 heavy (non-hydrogen) atoms. The zero-order valence-electron chi connectivity index (χ0n) is 14.6. The van der Waals surface area contributed by atoms with E-state index >= 15 is 4.39 Å². The Morgan fingerprint density at radius 2 is 2.15 bits per heavy atom. The van der Waals surface area contributed by atoms with E-state index < -0.39 is 11.7 Å². The van der Waals surface area contributed by atoms with Crippen LogP contribution in [-0.4, -0.2) is 34.8 Å². The second-order valence-corrected chi connectivity index (χ2v) is 7.20. The lowest BCUT2D eigenvalue weighted by Crippen LogP contribution is -2.38. The van der Waals surface area contributed by atoms with E-state index in [4.69, 9.17) is 5.73 Å². The molecule has 4 rings (SSSR count). The summed E-state index contributed by atoms with van der Waals surface area (Å²) in [5.74, 6) is -1.26. The van der Waals surface area contributed by atoms with Crippen molar-refractivity contribution in [3.05, 3.63) is 46.9 Å². The van der Waals surface area contributed by atoms with Crippen molar-refractivity contribution >= 4 is 22.7 Å². The number of carbonyl (C=O) groups excluding carboxylic acids is 2. The molecule has 1 aliphatic heterocycles. The molecular formula is C20H22FN3O2. The molecule has 0 bridgehead atoms. The van der Waals surface area contributed by atoms with Crippen LogP contribution in [0.15, 0.2) is 18.7 Å². The lowest BCUT2D eigenvalue weighted by atomic mass is 9.85. The average Bonchev–Trinajstić information content (AvgIpc) is 3.22. The summed E-state index contributed by atoms with van der Waals surface area (Å²) in [5, 5.41) is 0.809. The number of likely N-dealkylation sites (tertiary alicyclic amines) is 1. The third-order valence-electron chi connectivity index (χ3n) is 5.69. The summed E-state index contributed by atoms with van der Waals surface area (Å²) in [6, 6.07) is 1.25. The third kappa shape index (κ3) is 2.52. The topological polar surface area (TPSA) is 79.2 Å². The molecule has 5 nitrogen and oxygen atoms in total. The van der Waals surface area contributed by atoms with Gasteiger partial charge in [-0.2, -0.15) is 0 Å². The zero-order valence-corrected chi connectivity index (χ0v) is 14.6. The molecule has 2 aliphatic rings. The maximum Gasteiger partial charge on any atom is 0.250 e. The molecule has 2 heterocycles. The fraction of sp³-hybridized carbons (Fsp3) is 0.400. The van der Waals surface area contributed by atoms with Crippen molar-refractivity contribution in [2.24, 2.45) is 5.73 Å². The molecule has 3 N–H and O–H groups in total. The minimum Gasteiger partial charge on any atom is -0.366 e. The van der Waals surface area contributed by atoms with Crippen LogP contribution in [0.4, 0.5) is 4.39 Å². The number of piperidine rings is 1. The predicted molar refractivity (Wildman–Crippen MR) is 97.6 cm³/mol. The number of primary amides is 1. The number of rotatable bonds is 3. The summed E-state index contributed by atoms with van der Waals surface area (Å²) in [7, 11) is 0. The first kappa shape index (κ1) is 16.8. The van der Waals surface area contributed by atoms with Gasteiger partial charge in [-0.1, -0.05) is 6.58 Å². The Morgan fingerprint density at radius 3 is 2.88 bits per heavy atom. The maximum atomic E-state index is 15.1. The number of nitrogens with one attached hydrogen (secondary N) is 1. The molecule has 0 saturated carbocycles. The van der Waals surface area contributed by atoms with Crippen molar-refractivity contribution in [2.75, 3.05) is 13.1 Å². The quantitative estimate of drug-likeness (QED) is 0.831. The van der Waals surface area contributed by atoms with Gasteiger partial charge in [-0.15, -0.1) is 0 Å². The Labute approximate surface area is 151 Å². The average molecular weight is 355 g/mol. The Kier molecular flexibility index (Phi) is 4.05. The molecule has 2 aromatic rings. The van der Waals surface area contributed by atoms with Crippen LogP contribution in [0, 0.1) is 5.82 Å². The minimum absolute atomic E-state index is 0.0995. The van der Waals surface area contributed by atoms with Gasteiger partial charge in [-0.3, -0.25) is 9.59 Å². The van der Waals surface area contributed by atoms with Gasteiger partial charge in [0.15, 0.2) is 0 Å². The highest BCUT2D eigenvalue weighted by Gasteiger charge is 2.31. The van der Waals surface area contributed by atoms with Crippen molar-refractivity contribution in [2.45, 2.75) is 38.0 Å². The van der Waals surface area contributed by atoms with Gasteiger partial charge in [-0.05, 0) is 49.8 Å². The summed E-state index contributed by atoms with van der Waals surface area (Å²) in [4.78, 5) is 28.9. The van der Waals surface area contributed by atoms with Gasteiger partial charge in [-0.25, -0.2) is 4.39 Å². The monoisotopic (exact) mass is 355 g/mol. The number of aromatic amines is 1. The number of benzene rings is 1. The van der Waals surface area contributed by atoms with Crippen molar-refractivity contribution < 1.29 is 14.0 Å². The van der Waals surface area contributed by atoms with Gasteiger partial charge >= 0.3 is 0 Å². The van der Waals surface area contributed by atoms with Crippen LogP contribution < -0.4 is 5.73 Å². The summed E-state index contributed by atoms with van der Waals surface area (Å²) in [5.41, 5.74) is 9.12. The zero-order chi connectivity index (χ0) is 18.4. The standard InChI is InChI=1S/C20H22FN3O2/c1-2-16(25)24-8-4-5-11(10-24)17-14(21)9-13(20(22)26)19-18(17)12-6-3-7-15(12)23-19/h2,9,11,23H,1,3-8,10H2,(H2,22,26)/t11-/m0/s1. The number of amides is 2. The first-order valence-electron chi connectivity index (χ1n) is 9.08. The first-order chi connectivity index (χ1) is 12.5. The summed E-state index contributed by atoms with van der Waals surface area (Å²) >= 11 is 0. The smallest absolute Gasteiger partial charge is 0.250 e. The van der Waals surface area contributed by atoms with Crippen molar-refractivity contribution in [1.82, 2.24) is 9.88 Å². The van der Waals surface area contributed by atoms with E-state index in [2.05, 4.69) is 11.6 Å². The van der Waals surface area contributed by atoms with E-state index in [1.807, 2.05) is 0 Å². The molecule has 1 aromatic carbocycles. The molecule has 1 saturated heterocycles. The van der Waals surface area contributed by atoms with Crippen LogP contribution in [0.5, 0.6) is 0 Å². The number of halogens is 1. The van der Waals surface area contributed by atoms with Crippen LogP contribution in [0.3, 0.4) is 0 Å².